The molecule has 6 nitrogen and oxygen atoms in total. The predicted molar refractivity (Wildman–Crippen MR) is 94.4 cm³/mol. The zero-order valence-corrected chi connectivity index (χ0v) is 14.8. The minimum absolute atomic E-state index is 0.0179. The van der Waals surface area contributed by atoms with E-state index >= 15 is 0 Å². The molecule has 0 spiro atoms. The Bertz CT molecular complexity index is 659. The van der Waals surface area contributed by atoms with E-state index in [1.165, 1.54) is 38.6 Å². The average Bonchev–Trinajstić information content (AvgIpc) is 2.54. The normalized spacial score (nSPS) is 17.7. The molecular formula is C16H27N4O2S+. The summed E-state index contributed by atoms with van der Waals surface area (Å²) in [4.78, 5) is 20.6. The largest absolute Gasteiger partial charge is 0.494 e. The van der Waals surface area contributed by atoms with Gasteiger partial charge in [0.15, 0.2) is 4.77 Å². The van der Waals surface area contributed by atoms with Crippen molar-refractivity contribution in [1.82, 2.24) is 9.55 Å². The van der Waals surface area contributed by atoms with Crippen LogP contribution >= 0.6 is 12.2 Å². The van der Waals surface area contributed by atoms with Gasteiger partial charge in [-0.2, -0.15) is 0 Å². The first-order valence-corrected chi connectivity index (χ1v) is 8.86. The van der Waals surface area contributed by atoms with Gasteiger partial charge >= 0.3 is 0 Å². The summed E-state index contributed by atoms with van der Waals surface area (Å²) < 4.78 is 1.82. The second kappa shape index (κ2) is 8.40. The highest BCUT2D eigenvalue weighted by molar-refractivity contribution is 7.71. The summed E-state index contributed by atoms with van der Waals surface area (Å²) in [6.07, 6.45) is 6.19. The molecule has 1 aliphatic rings. The second-order valence-electron chi connectivity index (χ2n) is 6.22. The summed E-state index contributed by atoms with van der Waals surface area (Å²) in [6, 6.07) is 0.0179. The third-order valence-corrected chi connectivity index (χ3v) is 4.86. The van der Waals surface area contributed by atoms with Crippen LogP contribution in [0.25, 0.3) is 0 Å². The van der Waals surface area contributed by atoms with E-state index in [2.05, 4.69) is 9.98 Å². The number of rotatable bonds is 6. The lowest BCUT2D eigenvalue weighted by Crippen LogP contribution is -3.13. The minimum atomic E-state index is -0.388. The molecule has 0 aliphatic carbocycles. The van der Waals surface area contributed by atoms with Crippen molar-refractivity contribution < 1.29 is 10.0 Å². The van der Waals surface area contributed by atoms with Gasteiger partial charge in [0, 0.05) is 12.3 Å². The van der Waals surface area contributed by atoms with Crippen molar-refractivity contribution in [2.75, 3.05) is 26.2 Å². The third kappa shape index (κ3) is 4.51. The maximum absolute atomic E-state index is 12.0. The number of aliphatic imine (C=N–C) groups is 1. The minimum Gasteiger partial charge on any atom is -0.494 e. The third-order valence-electron chi connectivity index (χ3n) is 4.56. The number of nitrogens with zero attached hydrogens (tertiary/aromatic N) is 2. The molecule has 128 valence electrons. The number of piperidine rings is 1. The van der Waals surface area contributed by atoms with E-state index in [1.807, 2.05) is 13.8 Å². The van der Waals surface area contributed by atoms with Gasteiger partial charge in [0.1, 0.15) is 5.56 Å². The monoisotopic (exact) mass is 339 g/mol. The first-order valence-electron chi connectivity index (χ1n) is 8.45. The number of hydrogen-bond acceptors (Lipinski definition) is 4. The highest BCUT2D eigenvalue weighted by Crippen LogP contribution is 2.19. The van der Waals surface area contributed by atoms with Crippen LogP contribution in [-0.4, -0.2) is 47.1 Å². The van der Waals surface area contributed by atoms with Gasteiger partial charge in [-0.1, -0.05) is 6.92 Å². The molecule has 1 aromatic heterocycles. The van der Waals surface area contributed by atoms with E-state index in [4.69, 9.17) is 12.2 Å². The molecule has 7 heteroatoms. The Balaban J connectivity index is 2.11. The van der Waals surface area contributed by atoms with Crippen LogP contribution in [0.2, 0.25) is 0 Å². The fourth-order valence-corrected chi connectivity index (χ4v) is 3.30. The van der Waals surface area contributed by atoms with Crippen molar-refractivity contribution in [3.05, 3.63) is 20.7 Å². The lowest BCUT2D eigenvalue weighted by molar-refractivity contribution is -0.903. The number of aromatic nitrogens is 2. The van der Waals surface area contributed by atoms with Gasteiger partial charge in [-0.25, -0.2) is 0 Å². The Morgan fingerprint density at radius 1 is 1.43 bits per heavy atom. The first-order chi connectivity index (χ1) is 11.0. The average molecular weight is 339 g/mol. The van der Waals surface area contributed by atoms with E-state index in [0.29, 0.717) is 6.54 Å². The molecule has 1 aliphatic heterocycles. The van der Waals surface area contributed by atoms with Crippen molar-refractivity contribution in [3.63, 3.8) is 0 Å². The van der Waals surface area contributed by atoms with Crippen molar-refractivity contribution in [2.45, 2.75) is 45.6 Å². The van der Waals surface area contributed by atoms with Crippen molar-refractivity contribution in [3.8, 4) is 5.88 Å². The zero-order chi connectivity index (χ0) is 16.8. The molecule has 0 amide bonds. The number of quaternary nitrogens is 1. The molecule has 0 unspecified atom stereocenters. The van der Waals surface area contributed by atoms with E-state index in [-0.39, 0.29) is 27.8 Å². The highest BCUT2D eigenvalue weighted by atomic mass is 32.1. The van der Waals surface area contributed by atoms with Gasteiger partial charge in [0.2, 0.25) is 5.88 Å². The molecule has 3 N–H and O–H groups in total. The van der Waals surface area contributed by atoms with E-state index in [0.717, 1.165) is 13.0 Å². The highest BCUT2D eigenvalue weighted by Gasteiger charge is 2.15. The van der Waals surface area contributed by atoms with Gasteiger partial charge in [-0.15, -0.1) is 0 Å². The Morgan fingerprint density at radius 3 is 2.78 bits per heavy atom. The number of hydrogen-bond donors (Lipinski definition) is 3. The van der Waals surface area contributed by atoms with E-state index in [1.54, 1.807) is 9.47 Å². The van der Waals surface area contributed by atoms with Crippen LogP contribution in [0, 0.1) is 4.77 Å². The quantitative estimate of drug-likeness (QED) is 0.536. The smallest absolute Gasteiger partial charge is 0.264 e. The van der Waals surface area contributed by atoms with Crippen molar-refractivity contribution in [2.24, 2.45) is 4.99 Å². The maximum Gasteiger partial charge on any atom is 0.264 e. The molecule has 23 heavy (non-hydrogen) atoms. The molecule has 2 rings (SSSR count). The van der Waals surface area contributed by atoms with Crippen molar-refractivity contribution >= 4 is 18.4 Å². The van der Waals surface area contributed by atoms with Crippen LogP contribution in [0.15, 0.2) is 9.79 Å². The molecule has 0 bridgehead atoms. The first kappa shape index (κ1) is 17.9. The second-order valence-corrected chi connectivity index (χ2v) is 6.61. The number of aromatic amines is 1. The molecular weight excluding hydrogens is 312 g/mol. The molecule has 1 aromatic rings. The molecule has 1 atom stereocenters. The van der Waals surface area contributed by atoms with Crippen LogP contribution in [0.5, 0.6) is 5.88 Å². The topological polar surface area (TPSA) is 74.8 Å². The summed E-state index contributed by atoms with van der Waals surface area (Å²) in [7, 11) is 0. The summed E-state index contributed by atoms with van der Waals surface area (Å²) >= 11 is 5.15. The van der Waals surface area contributed by atoms with Crippen LogP contribution in [0.3, 0.4) is 0 Å². The fraction of sp³-hybridized carbons (Fsp3) is 0.688. The summed E-state index contributed by atoms with van der Waals surface area (Å²) in [5.41, 5.74) is -0.200. The van der Waals surface area contributed by atoms with Gasteiger partial charge in [0.05, 0.1) is 26.2 Å². The van der Waals surface area contributed by atoms with Gasteiger partial charge < -0.3 is 10.0 Å². The fourth-order valence-electron chi connectivity index (χ4n) is 2.94. The molecule has 0 saturated carbocycles. The Labute approximate surface area is 141 Å². The molecule has 0 aromatic carbocycles. The summed E-state index contributed by atoms with van der Waals surface area (Å²) in [5.74, 6) is -0.0952. The standard InChI is InChI=1S/C16H26N4O2S/c1-3-12(2)20-15(22)13(14(21)18-16(20)23)11-17-7-10-19-8-5-4-6-9-19/h11-12,22H,3-10H2,1-2H3,(H,18,21,23)/p+1/t12-/m1/s1. The molecule has 0 radical (unpaired) electrons. The summed E-state index contributed by atoms with van der Waals surface area (Å²) in [5, 5.41) is 10.4. The Morgan fingerprint density at radius 2 is 2.13 bits per heavy atom. The van der Waals surface area contributed by atoms with E-state index < -0.39 is 0 Å². The predicted octanol–water partition coefficient (Wildman–Crippen LogP) is 1.07. The van der Waals surface area contributed by atoms with Crippen LogP contribution < -0.4 is 10.5 Å². The lowest BCUT2D eigenvalue weighted by atomic mass is 10.1. The number of nitrogens with one attached hydrogen (secondary N) is 2. The van der Waals surface area contributed by atoms with Crippen LogP contribution in [0.1, 0.15) is 51.1 Å². The number of H-pyrrole nitrogens is 1. The van der Waals surface area contributed by atoms with Crippen LogP contribution in [-0.2, 0) is 0 Å². The van der Waals surface area contributed by atoms with Crippen LogP contribution in [0.4, 0.5) is 0 Å². The summed E-state index contributed by atoms with van der Waals surface area (Å²) in [6.45, 7) is 8.01. The molecule has 1 fully saturated rings. The number of aromatic hydroxyl groups is 1. The Hall–Kier alpha value is -1.47. The lowest BCUT2D eigenvalue weighted by Gasteiger charge is -2.22. The number of likely N-dealkylation sites (tertiary alicyclic amines) is 1. The molecule has 1 saturated heterocycles. The van der Waals surface area contributed by atoms with Gasteiger partial charge in [-0.05, 0) is 44.8 Å². The zero-order valence-electron chi connectivity index (χ0n) is 14.0. The molecule has 2 heterocycles. The SMILES string of the molecule is CC[C@@H](C)n1c(O)c(C=NCC[NH+]2CCCCC2)c(=O)[nH]c1=S. The van der Waals surface area contributed by atoms with Gasteiger partial charge in [-0.3, -0.25) is 19.3 Å². The van der Waals surface area contributed by atoms with E-state index in [9.17, 15) is 9.90 Å². The van der Waals surface area contributed by atoms with Gasteiger partial charge in [0.25, 0.3) is 5.56 Å². The maximum atomic E-state index is 12.0. The Kier molecular flexibility index (Phi) is 6.53. The van der Waals surface area contributed by atoms with Crippen molar-refractivity contribution in [1.29, 1.82) is 0 Å².